The van der Waals surface area contributed by atoms with E-state index in [4.69, 9.17) is 22.1 Å². The summed E-state index contributed by atoms with van der Waals surface area (Å²) in [6, 6.07) is 4.30. The van der Waals surface area contributed by atoms with Crippen LogP contribution in [-0.2, 0) is 6.18 Å². The first-order valence-corrected chi connectivity index (χ1v) is 8.71. The lowest BCUT2D eigenvalue weighted by atomic mass is 10.0. The Balaban J connectivity index is 2.60. The monoisotopic (exact) mass is 412 g/mol. The second-order valence-corrected chi connectivity index (χ2v) is 6.46. The summed E-state index contributed by atoms with van der Waals surface area (Å²) in [5.74, 6) is 0.0575. The molecule has 1 heterocycles. The van der Waals surface area contributed by atoms with Crippen LogP contribution in [0.4, 0.5) is 19.0 Å². The largest absolute Gasteiger partial charge is 0.489 e. The van der Waals surface area contributed by atoms with Crippen molar-refractivity contribution in [2.24, 2.45) is 4.99 Å². The van der Waals surface area contributed by atoms with Gasteiger partial charge >= 0.3 is 6.18 Å². The molecule has 2 rings (SSSR count). The molecule has 5 nitrogen and oxygen atoms in total. The van der Waals surface area contributed by atoms with Crippen LogP contribution in [-0.4, -0.2) is 22.1 Å². The maximum atomic E-state index is 13.6. The summed E-state index contributed by atoms with van der Waals surface area (Å²) < 4.78 is 47.1. The predicted octanol–water partition coefficient (Wildman–Crippen LogP) is 5.67. The number of nitrogen functional groups attached to an aromatic ring is 1. The number of alkyl halides is 3. The number of hydrogen-bond donors (Lipinski definition) is 1. The van der Waals surface area contributed by atoms with Crippen LogP contribution in [0.2, 0.25) is 5.02 Å². The molecule has 0 aliphatic rings. The quantitative estimate of drug-likeness (QED) is 0.622. The number of aliphatic imine (C=N–C) groups is 1. The third-order valence-electron chi connectivity index (χ3n) is 3.52. The van der Waals surface area contributed by atoms with Gasteiger partial charge in [-0.05, 0) is 44.5 Å². The highest BCUT2D eigenvalue weighted by atomic mass is 35.5. The number of hydrogen-bond acceptors (Lipinski definition) is 4. The van der Waals surface area contributed by atoms with Gasteiger partial charge in [0.05, 0.1) is 16.7 Å². The van der Waals surface area contributed by atoms with E-state index in [1.807, 2.05) is 13.8 Å². The van der Waals surface area contributed by atoms with Crippen LogP contribution in [0.15, 0.2) is 41.9 Å². The molecule has 0 unspecified atom stereocenters. The summed E-state index contributed by atoms with van der Waals surface area (Å²) in [6.45, 7) is 9.03. The van der Waals surface area contributed by atoms with Crippen LogP contribution in [0.5, 0.6) is 5.75 Å². The molecule has 0 saturated heterocycles. The van der Waals surface area contributed by atoms with Gasteiger partial charge in [-0.2, -0.15) is 23.0 Å². The van der Waals surface area contributed by atoms with Crippen molar-refractivity contribution in [2.45, 2.75) is 33.1 Å². The second kappa shape index (κ2) is 8.52. The normalized spacial score (nSPS) is 12.4. The Kier molecular flexibility index (Phi) is 6.56. The number of aromatic nitrogens is 2. The fourth-order valence-electron chi connectivity index (χ4n) is 2.39. The fraction of sp³-hybridized carbons (Fsp3) is 0.263. The van der Waals surface area contributed by atoms with Crippen molar-refractivity contribution in [1.29, 1.82) is 0 Å². The lowest BCUT2D eigenvalue weighted by Crippen LogP contribution is -2.09. The van der Waals surface area contributed by atoms with Crippen molar-refractivity contribution in [3.05, 3.63) is 47.6 Å². The topological polar surface area (TPSA) is 65.4 Å². The van der Waals surface area contributed by atoms with Crippen molar-refractivity contribution in [3.8, 4) is 16.9 Å². The van der Waals surface area contributed by atoms with E-state index < -0.39 is 11.9 Å². The molecular formula is C19H20ClF3N4O. The molecule has 0 aliphatic heterocycles. The van der Waals surface area contributed by atoms with Crippen LogP contribution < -0.4 is 10.5 Å². The maximum absolute atomic E-state index is 13.6. The zero-order valence-electron chi connectivity index (χ0n) is 15.6. The lowest BCUT2D eigenvalue weighted by Gasteiger charge is -2.13. The number of nitrogens with zero attached hydrogens (tertiary/aromatic N) is 3. The molecule has 28 heavy (non-hydrogen) atoms. The number of rotatable bonds is 6. The highest BCUT2D eigenvalue weighted by molar-refractivity contribution is 6.32. The summed E-state index contributed by atoms with van der Waals surface area (Å²) in [4.78, 5) is 3.94. The van der Waals surface area contributed by atoms with Gasteiger partial charge in [-0.15, -0.1) is 0 Å². The number of ether oxygens (including phenoxy) is 1. The molecule has 0 fully saturated rings. The van der Waals surface area contributed by atoms with E-state index in [1.165, 1.54) is 24.4 Å². The average Bonchev–Trinajstić information content (AvgIpc) is 2.94. The van der Waals surface area contributed by atoms with Crippen molar-refractivity contribution >= 4 is 29.5 Å². The molecule has 9 heteroatoms. The molecule has 0 saturated carbocycles. The van der Waals surface area contributed by atoms with Gasteiger partial charge in [-0.25, -0.2) is 4.99 Å². The minimum atomic E-state index is -4.73. The molecule has 150 valence electrons. The van der Waals surface area contributed by atoms with E-state index in [0.717, 1.165) is 4.68 Å². The van der Waals surface area contributed by atoms with Gasteiger partial charge in [0.25, 0.3) is 0 Å². The molecule has 0 spiro atoms. The van der Waals surface area contributed by atoms with Crippen LogP contribution in [0, 0.1) is 0 Å². The molecule has 1 aromatic carbocycles. The molecule has 1 aromatic heterocycles. The Hall–Kier alpha value is -2.74. The highest BCUT2D eigenvalue weighted by Gasteiger charge is 2.39. The van der Waals surface area contributed by atoms with E-state index >= 15 is 0 Å². The first-order valence-electron chi connectivity index (χ1n) is 8.33. The predicted molar refractivity (Wildman–Crippen MR) is 106 cm³/mol. The number of nitrogens with two attached hydrogens (primary N) is 1. The van der Waals surface area contributed by atoms with Crippen molar-refractivity contribution in [2.75, 3.05) is 5.73 Å². The van der Waals surface area contributed by atoms with Gasteiger partial charge in [0, 0.05) is 6.21 Å². The van der Waals surface area contributed by atoms with Crippen LogP contribution >= 0.6 is 11.6 Å². The Morgan fingerprint density at radius 2 is 2.07 bits per heavy atom. The summed E-state index contributed by atoms with van der Waals surface area (Å²) in [7, 11) is 0. The fourth-order valence-corrected chi connectivity index (χ4v) is 2.61. The van der Waals surface area contributed by atoms with Crippen molar-refractivity contribution in [1.82, 2.24) is 9.78 Å². The Morgan fingerprint density at radius 1 is 1.39 bits per heavy atom. The third-order valence-corrected chi connectivity index (χ3v) is 3.81. The van der Waals surface area contributed by atoms with E-state index in [0.29, 0.717) is 5.75 Å². The molecule has 0 amide bonds. The first-order chi connectivity index (χ1) is 13.1. The minimum absolute atomic E-state index is 0.0572. The smallest absolute Gasteiger partial charge is 0.435 e. The lowest BCUT2D eigenvalue weighted by molar-refractivity contribution is -0.140. The second-order valence-electron chi connectivity index (χ2n) is 6.05. The standard InChI is InChI=1S/C19H20ClF3N4O/c1-5-6-9-25-12(4)27-18(24)16(17(26-27)19(21,22)23)13-7-8-15(14(20)10-13)28-11(2)3/h5-11H,4,24H2,1-3H3/b6-5-,25-9?. The van der Waals surface area contributed by atoms with Gasteiger partial charge in [-0.3, -0.25) is 0 Å². The van der Waals surface area contributed by atoms with Crippen LogP contribution in [0.3, 0.4) is 0 Å². The molecular weight excluding hydrogens is 393 g/mol. The summed E-state index contributed by atoms with van der Waals surface area (Å²) in [6.07, 6.45) is -0.185. The summed E-state index contributed by atoms with van der Waals surface area (Å²) in [5, 5.41) is 3.75. The molecule has 0 aliphatic carbocycles. The van der Waals surface area contributed by atoms with Gasteiger partial charge in [0.1, 0.15) is 17.4 Å². The summed E-state index contributed by atoms with van der Waals surface area (Å²) >= 11 is 6.17. The van der Waals surface area contributed by atoms with E-state index in [2.05, 4.69) is 16.7 Å². The van der Waals surface area contributed by atoms with Crippen LogP contribution in [0.1, 0.15) is 26.5 Å². The number of anilines is 1. The Labute approximate surface area is 166 Å². The SMILES string of the molecule is C=C(N=C/C=C\C)n1nc(C(F)(F)F)c(-c2ccc(OC(C)C)c(Cl)c2)c1N. The van der Waals surface area contributed by atoms with Crippen molar-refractivity contribution < 1.29 is 17.9 Å². The molecule has 2 aromatic rings. The highest BCUT2D eigenvalue weighted by Crippen LogP contribution is 2.42. The number of allylic oxidation sites excluding steroid dienone is 2. The number of halogens is 4. The third kappa shape index (κ3) is 4.75. The maximum Gasteiger partial charge on any atom is 0.435 e. The van der Waals surface area contributed by atoms with Gasteiger partial charge < -0.3 is 10.5 Å². The molecule has 2 N–H and O–H groups in total. The van der Waals surface area contributed by atoms with E-state index in [-0.39, 0.29) is 33.9 Å². The number of benzene rings is 1. The van der Waals surface area contributed by atoms with Gasteiger partial charge in [0.15, 0.2) is 5.69 Å². The molecule has 0 radical (unpaired) electrons. The molecule has 0 atom stereocenters. The zero-order chi connectivity index (χ0) is 21.1. The van der Waals surface area contributed by atoms with Gasteiger partial charge in [0.2, 0.25) is 0 Å². The Morgan fingerprint density at radius 3 is 2.61 bits per heavy atom. The van der Waals surface area contributed by atoms with Crippen LogP contribution in [0.25, 0.3) is 16.9 Å². The zero-order valence-corrected chi connectivity index (χ0v) is 16.3. The van der Waals surface area contributed by atoms with E-state index in [1.54, 1.807) is 19.1 Å². The van der Waals surface area contributed by atoms with Crippen molar-refractivity contribution in [3.63, 3.8) is 0 Å². The Bertz CT molecular complexity index is 930. The van der Waals surface area contributed by atoms with Gasteiger partial charge in [-0.1, -0.05) is 30.3 Å². The minimum Gasteiger partial charge on any atom is -0.489 e. The average molecular weight is 413 g/mol. The first kappa shape index (κ1) is 21.6. The van der Waals surface area contributed by atoms with E-state index in [9.17, 15) is 13.2 Å². The molecule has 0 bridgehead atoms. The summed E-state index contributed by atoms with van der Waals surface area (Å²) in [5.41, 5.74) is 4.69.